The summed E-state index contributed by atoms with van der Waals surface area (Å²) in [5.41, 5.74) is 0. The third-order valence-electron chi connectivity index (χ3n) is 2.52. The molecule has 0 aromatic carbocycles. The normalized spacial score (nSPS) is 22.6. The smallest absolute Gasteiger partial charge is 0.154 e. The maximum absolute atomic E-state index is 10.4. The Labute approximate surface area is 88.1 Å². The van der Waals surface area contributed by atoms with Crippen LogP contribution in [0.5, 0.6) is 0 Å². The van der Waals surface area contributed by atoms with Gasteiger partial charge < -0.3 is 15.2 Å². The second-order valence-electron chi connectivity index (χ2n) is 3.71. The van der Waals surface area contributed by atoms with Crippen LogP contribution in [0.4, 0.5) is 0 Å². The first kappa shape index (κ1) is 12.1. The topological polar surface area (TPSA) is 61.4 Å². The summed E-state index contributed by atoms with van der Waals surface area (Å²) in [5.74, 6) is 0.342. The number of nitrogens with one attached hydrogen (secondary N) is 2. The molecule has 0 bridgehead atoms. The number of hydrogen-bond donors (Lipinski definition) is 3. The van der Waals surface area contributed by atoms with Gasteiger partial charge in [-0.15, -0.1) is 0 Å². The summed E-state index contributed by atoms with van der Waals surface area (Å²) in [6, 6.07) is 0.542. The second-order valence-corrected chi connectivity index (χ2v) is 4.76. The molecule has 3 N–H and O–H groups in total. The van der Waals surface area contributed by atoms with Crippen LogP contribution in [-0.2, 0) is 11.1 Å². The molecular weight excluding hydrogens is 200 g/mol. The highest BCUT2D eigenvalue weighted by Crippen LogP contribution is 2.06. The van der Waals surface area contributed by atoms with E-state index in [-0.39, 0.29) is 0 Å². The van der Waals surface area contributed by atoms with E-state index >= 15 is 0 Å². The molecule has 0 saturated carbocycles. The number of hydrogen-bond acceptors (Lipinski definition) is 3. The molecule has 1 rings (SSSR count). The van der Waals surface area contributed by atoms with Gasteiger partial charge in [-0.25, -0.2) is 4.21 Å². The lowest BCUT2D eigenvalue weighted by Gasteiger charge is -2.21. The maximum Gasteiger partial charge on any atom is 0.154 e. The summed E-state index contributed by atoms with van der Waals surface area (Å²) in [7, 11) is 0. The maximum atomic E-state index is 10.4. The minimum absolute atomic E-state index is 0.342. The zero-order valence-corrected chi connectivity index (χ0v) is 9.31. The van der Waals surface area contributed by atoms with Crippen LogP contribution in [0.1, 0.15) is 25.7 Å². The van der Waals surface area contributed by atoms with Gasteiger partial charge in [-0.1, -0.05) is 0 Å². The Morgan fingerprint density at radius 1 is 1.36 bits per heavy atom. The molecule has 1 heterocycles. The van der Waals surface area contributed by atoms with Crippen molar-refractivity contribution in [2.45, 2.75) is 31.7 Å². The van der Waals surface area contributed by atoms with Gasteiger partial charge in [0.15, 0.2) is 11.1 Å². The van der Waals surface area contributed by atoms with E-state index in [0.29, 0.717) is 18.3 Å². The van der Waals surface area contributed by atoms with Crippen molar-refractivity contribution in [3.05, 3.63) is 0 Å². The molecule has 0 aliphatic carbocycles. The first-order valence-corrected chi connectivity index (χ1v) is 6.58. The third kappa shape index (κ3) is 5.70. The average Bonchev–Trinajstić information content (AvgIpc) is 2.07. The lowest BCUT2D eigenvalue weighted by molar-refractivity contribution is 0.404. The van der Waals surface area contributed by atoms with E-state index < -0.39 is 11.1 Å². The predicted molar refractivity (Wildman–Crippen MR) is 58.8 cm³/mol. The molecule has 84 valence electrons. The van der Waals surface area contributed by atoms with Crippen LogP contribution < -0.4 is 10.6 Å². The Balaban J connectivity index is 2.10. The number of rotatable bonds is 4. The highest BCUT2D eigenvalue weighted by Gasteiger charge is 2.09. The van der Waals surface area contributed by atoms with Crippen molar-refractivity contribution in [3.63, 3.8) is 0 Å². The summed E-state index contributed by atoms with van der Waals surface area (Å²) >= 11 is -1.65. The molecule has 0 amide bonds. The van der Waals surface area contributed by atoms with E-state index in [1.807, 2.05) is 0 Å². The molecule has 4 nitrogen and oxygen atoms in total. The van der Waals surface area contributed by atoms with Gasteiger partial charge in [0.2, 0.25) is 0 Å². The Morgan fingerprint density at radius 2 is 2.00 bits per heavy atom. The average molecular weight is 220 g/mol. The molecule has 0 radical (unpaired) electrons. The van der Waals surface area contributed by atoms with Crippen LogP contribution in [0.25, 0.3) is 0 Å². The zero-order valence-electron chi connectivity index (χ0n) is 8.50. The molecule has 1 fully saturated rings. The standard InChI is InChI=1S/C9H20N2O2S/c12-14(13)8-7-11-9-3-1-5-10-6-2-4-9/h9-11H,1-8H2,(H,12,13). The fraction of sp³-hybridized carbons (Fsp3) is 1.00. The lowest BCUT2D eigenvalue weighted by atomic mass is 10.0. The molecule has 1 saturated heterocycles. The van der Waals surface area contributed by atoms with Crippen molar-refractivity contribution < 1.29 is 8.76 Å². The monoisotopic (exact) mass is 220 g/mol. The van der Waals surface area contributed by atoms with Crippen molar-refractivity contribution in [1.29, 1.82) is 0 Å². The second kappa shape index (κ2) is 7.34. The Hall–Kier alpha value is 0.0300. The van der Waals surface area contributed by atoms with Gasteiger partial charge in [-0.3, -0.25) is 0 Å². The van der Waals surface area contributed by atoms with Gasteiger partial charge in [0.1, 0.15) is 0 Å². The van der Waals surface area contributed by atoms with E-state index in [4.69, 9.17) is 4.55 Å². The van der Waals surface area contributed by atoms with E-state index in [0.717, 1.165) is 13.1 Å². The first-order chi connectivity index (χ1) is 6.79. The molecule has 14 heavy (non-hydrogen) atoms. The largest absolute Gasteiger partial charge is 0.317 e. The molecular formula is C9H20N2O2S. The van der Waals surface area contributed by atoms with Gasteiger partial charge in [-0.05, 0) is 38.8 Å². The fourth-order valence-electron chi connectivity index (χ4n) is 1.77. The van der Waals surface area contributed by atoms with Gasteiger partial charge in [0, 0.05) is 12.6 Å². The molecule has 0 aromatic heterocycles. The van der Waals surface area contributed by atoms with Crippen LogP contribution in [0.15, 0.2) is 0 Å². The Morgan fingerprint density at radius 3 is 2.57 bits per heavy atom. The molecule has 1 atom stereocenters. The Bertz CT molecular complexity index is 170. The van der Waals surface area contributed by atoms with Crippen LogP contribution in [0, 0.1) is 0 Å². The fourth-order valence-corrected chi connectivity index (χ4v) is 2.06. The van der Waals surface area contributed by atoms with Gasteiger partial charge >= 0.3 is 0 Å². The van der Waals surface area contributed by atoms with E-state index in [9.17, 15) is 4.21 Å². The SMILES string of the molecule is O=S(O)CCNC1CCCNCCC1. The zero-order chi connectivity index (χ0) is 10.2. The van der Waals surface area contributed by atoms with Crippen LogP contribution >= 0.6 is 0 Å². The molecule has 0 aromatic rings. The molecule has 1 unspecified atom stereocenters. The van der Waals surface area contributed by atoms with Crippen LogP contribution in [0.3, 0.4) is 0 Å². The summed E-state index contributed by atoms with van der Waals surface area (Å²) in [6.07, 6.45) is 4.73. The van der Waals surface area contributed by atoms with E-state index in [1.165, 1.54) is 25.7 Å². The van der Waals surface area contributed by atoms with Crippen molar-refractivity contribution in [2.24, 2.45) is 0 Å². The summed E-state index contributed by atoms with van der Waals surface area (Å²) in [6.45, 7) is 2.86. The van der Waals surface area contributed by atoms with Gasteiger partial charge in [0.05, 0.1) is 5.75 Å². The van der Waals surface area contributed by atoms with E-state index in [2.05, 4.69) is 10.6 Å². The van der Waals surface area contributed by atoms with Crippen molar-refractivity contribution >= 4 is 11.1 Å². The molecule has 0 spiro atoms. The van der Waals surface area contributed by atoms with Crippen LogP contribution in [0.2, 0.25) is 0 Å². The van der Waals surface area contributed by atoms with Crippen molar-refractivity contribution in [3.8, 4) is 0 Å². The lowest BCUT2D eigenvalue weighted by Crippen LogP contribution is -2.35. The highest BCUT2D eigenvalue weighted by molar-refractivity contribution is 7.79. The van der Waals surface area contributed by atoms with Gasteiger partial charge in [0.25, 0.3) is 0 Å². The van der Waals surface area contributed by atoms with E-state index in [1.54, 1.807) is 0 Å². The molecule has 1 aliphatic rings. The molecule has 5 heteroatoms. The summed E-state index contributed by atoms with van der Waals surface area (Å²) in [4.78, 5) is 0. The predicted octanol–water partition coefficient (Wildman–Crippen LogP) is 0.330. The molecule has 1 aliphatic heterocycles. The highest BCUT2D eigenvalue weighted by atomic mass is 32.2. The third-order valence-corrected chi connectivity index (χ3v) is 3.08. The first-order valence-electron chi connectivity index (χ1n) is 5.30. The quantitative estimate of drug-likeness (QED) is 0.598. The minimum Gasteiger partial charge on any atom is -0.317 e. The van der Waals surface area contributed by atoms with Crippen molar-refractivity contribution in [1.82, 2.24) is 10.6 Å². The summed E-state index contributed by atoms with van der Waals surface area (Å²) < 4.78 is 19.0. The van der Waals surface area contributed by atoms with Gasteiger partial charge in [-0.2, -0.15) is 0 Å². The Kier molecular flexibility index (Phi) is 6.34. The van der Waals surface area contributed by atoms with Crippen LogP contribution in [-0.4, -0.2) is 40.2 Å². The minimum atomic E-state index is -1.65. The summed E-state index contributed by atoms with van der Waals surface area (Å²) in [5, 5.41) is 6.71. The van der Waals surface area contributed by atoms with Crippen molar-refractivity contribution in [2.75, 3.05) is 25.4 Å².